The summed E-state index contributed by atoms with van der Waals surface area (Å²) in [6.45, 7) is 6.68. The summed E-state index contributed by atoms with van der Waals surface area (Å²) in [5, 5.41) is 26.2. The average molecular weight is 309 g/mol. The number of nitriles is 2. The zero-order chi connectivity index (χ0) is 15.9. The lowest BCUT2D eigenvalue weighted by molar-refractivity contribution is 0.429. The Morgan fingerprint density at radius 2 is 1.91 bits per heavy atom. The first-order valence-electron chi connectivity index (χ1n) is 7.04. The van der Waals surface area contributed by atoms with Gasteiger partial charge in [0.2, 0.25) is 0 Å². The number of hydrogen-bond donors (Lipinski definition) is 1. The second-order valence-corrected chi connectivity index (χ2v) is 6.31. The highest BCUT2D eigenvalue weighted by Gasteiger charge is 2.33. The van der Waals surface area contributed by atoms with Gasteiger partial charge < -0.3 is 4.90 Å². The van der Waals surface area contributed by atoms with Gasteiger partial charge in [0.1, 0.15) is 0 Å². The maximum Gasteiger partial charge on any atom is 0.0976 e. The normalized spacial score (nSPS) is 16.3. The third-order valence-corrected chi connectivity index (χ3v) is 5.29. The lowest BCUT2D eigenvalue weighted by atomic mass is 9.85. The van der Waals surface area contributed by atoms with Crippen LogP contribution in [-0.4, -0.2) is 21.6 Å². The minimum absolute atomic E-state index is 0.274. The molecule has 3 heterocycles. The Bertz CT molecular complexity index is 817. The van der Waals surface area contributed by atoms with E-state index in [2.05, 4.69) is 22.3 Å². The van der Waals surface area contributed by atoms with E-state index in [-0.39, 0.29) is 5.92 Å². The molecule has 5 nitrogen and oxygen atoms in total. The second kappa shape index (κ2) is 5.32. The number of aromatic nitrogens is 2. The van der Waals surface area contributed by atoms with Crippen molar-refractivity contribution in [2.75, 3.05) is 6.54 Å². The zero-order valence-corrected chi connectivity index (χ0v) is 13.5. The first kappa shape index (κ1) is 14.4. The summed E-state index contributed by atoms with van der Waals surface area (Å²) in [6.07, 6.45) is 1.77. The predicted octanol–water partition coefficient (Wildman–Crippen LogP) is 3.64. The van der Waals surface area contributed by atoms with Crippen molar-refractivity contribution in [2.24, 2.45) is 0 Å². The molecule has 2 aromatic rings. The molecule has 0 saturated heterocycles. The molecule has 1 aliphatic heterocycles. The molecule has 110 valence electrons. The molecule has 3 rings (SSSR count). The number of H-pyrrole nitrogens is 1. The fourth-order valence-corrected chi connectivity index (χ4v) is 4.17. The number of nitrogens with one attached hydrogen (secondary N) is 1. The molecule has 1 N–H and O–H groups in total. The van der Waals surface area contributed by atoms with Crippen molar-refractivity contribution in [3.05, 3.63) is 39.7 Å². The van der Waals surface area contributed by atoms with E-state index in [1.165, 1.54) is 0 Å². The van der Waals surface area contributed by atoms with Crippen LogP contribution in [0.25, 0.3) is 10.2 Å². The molecule has 0 radical (unpaired) electrons. The maximum atomic E-state index is 9.65. The lowest BCUT2D eigenvalue weighted by Gasteiger charge is -2.34. The Morgan fingerprint density at radius 3 is 2.41 bits per heavy atom. The van der Waals surface area contributed by atoms with Gasteiger partial charge in [-0.1, -0.05) is 0 Å². The van der Waals surface area contributed by atoms with Gasteiger partial charge in [0.15, 0.2) is 0 Å². The Labute approximate surface area is 132 Å². The largest absolute Gasteiger partial charge is 0.347 e. The maximum absolute atomic E-state index is 9.65. The molecular formula is C16H15N5S. The highest BCUT2D eigenvalue weighted by atomic mass is 32.1. The fourth-order valence-electron chi connectivity index (χ4n) is 3.06. The predicted molar refractivity (Wildman–Crippen MR) is 85.7 cm³/mol. The van der Waals surface area contributed by atoms with Gasteiger partial charge >= 0.3 is 0 Å². The molecule has 0 aliphatic carbocycles. The molecular weight excluding hydrogens is 294 g/mol. The highest BCUT2D eigenvalue weighted by Crippen LogP contribution is 2.44. The monoisotopic (exact) mass is 309 g/mol. The highest BCUT2D eigenvalue weighted by molar-refractivity contribution is 7.19. The summed E-state index contributed by atoms with van der Waals surface area (Å²) in [6, 6.07) is 6.64. The van der Waals surface area contributed by atoms with Crippen LogP contribution < -0.4 is 0 Å². The quantitative estimate of drug-likeness (QED) is 0.918. The SMILES string of the molecule is CCN1C(C)=C(C#N)C(c2cc3[nH]ncc3s2)C(C#N)=C1C. The third-order valence-electron chi connectivity index (χ3n) is 4.15. The van der Waals surface area contributed by atoms with Crippen molar-refractivity contribution in [2.45, 2.75) is 26.7 Å². The first-order valence-corrected chi connectivity index (χ1v) is 7.86. The van der Waals surface area contributed by atoms with Crippen molar-refractivity contribution in [1.82, 2.24) is 15.1 Å². The van der Waals surface area contributed by atoms with Crippen LogP contribution in [0.4, 0.5) is 0 Å². The van der Waals surface area contributed by atoms with Gasteiger partial charge in [0.05, 0.1) is 45.6 Å². The van der Waals surface area contributed by atoms with Gasteiger partial charge in [-0.15, -0.1) is 11.3 Å². The van der Waals surface area contributed by atoms with Gasteiger partial charge in [-0.3, -0.25) is 5.10 Å². The number of allylic oxidation sites excluding steroid dienone is 4. The lowest BCUT2D eigenvalue weighted by Crippen LogP contribution is -2.28. The first-order chi connectivity index (χ1) is 10.6. The summed E-state index contributed by atoms with van der Waals surface area (Å²) in [5.41, 5.74) is 4.12. The number of aromatic amines is 1. The standard InChI is InChI=1S/C16H15N5S/c1-4-21-9(2)11(6-17)16(12(7-18)10(21)3)14-5-13-15(22-14)8-19-20-13/h5,8,16H,4H2,1-3H3,(H,19,20). The molecule has 6 heteroatoms. The van der Waals surface area contributed by atoms with Crippen LogP contribution in [0.3, 0.4) is 0 Å². The number of fused-ring (bicyclic) bond motifs is 1. The summed E-state index contributed by atoms with van der Waals surface area (Å²) < 4.78 is 1.04. The van der Waals surface area contributed by atoms with E-state index in [0.717, 1.165) is 33.0 Å². The number of hydrogen-bond acceptors (Lipinski definition) is 5. The molecule has 22 heavy (non-hydrogen) atoms. The molecule has 0 aromatic carbocycles. The molecule has 0 saturated carbocycles. The third kappa shape index (κ3) is 1.93. The van der Waals surface area contributed by atoms with Crippen LogP contribution in [0.5, 0.6) is 0 Å². The summed E-state index contributed by atoms with van der Waals surface area (Å²) in [5.74, 6) is -0.274. The van der Waals surface area contributed by atoms with Crippen molar-refractivity contribution < 1.29 is 0 Å². The molecule has 0 bridgehead atoms. The van der Waals surface area contributed by atoms with Gasteiger partial charge in [0.25, 0.3) is 0 Å². The Hall–Kier alpha value is -2.57. The van der Waals surface area contributed by atoms with E-state index in [1.807, 2.05) is 31.7 Å². The van der Waals surface area contributed by atoms with E-state index >= 15 is 0 Å². The molecule has 1 aliphatic rings. The summed E-state index contributed by atoms with van der Waals surface area (Å²) >= 11 is 1.58. The van der Waals surface area contributed by atoms with Crippen LogP contribution in [-0.2, 0) is 0 Å². The topological polar surface area (TPSA) is 79.5 Å². The molecule has 0 atom stereocenters. The minimum Gasteiger partial charge on any atom is -0.347 e. The Morgan fingerprint density at radius 1 is 1.27 bits per heavy atom. The van der Waals surface area contributed by atoms with Gasteiger partial charge in [-0.2, -0.15) is 15.6 Å². The van der Waals surface area contributed by atoms with E-state index in [1.54, 1.807) is 17.5 Å². The second-order valence-electron chi connectivity index (χ2n) is 5.20. The van der Waals surface area contributed by atoms with Crippen LogP contribution >= 0.6 is 11.3 Å². The summed E-state index contributed by atoms with van der Waals surface area (Å²) in [7, 11) is 0. The van der Waals surface area contributed by atoms with Gasteiger partial charge in [-0.05, 0) is 26.8 Å². The van der Waals surface area contributed by atoms with Gasteiger partial charge in [-0.25, -0.2) is 0 Å². The molecule has 0 unspecified atom stereocenters. The smallest absolute Gasteiger partial charge is 0.0976 e. The molecule has 0 fully saturated rings. The molecule has 0 spiro atoms. The fraction of sp³-hybridized carbons (Fsp3) is 0.312. The number of thiophene rings is 1. The minimum atomic E-state index is -0.274. The number of rotatable bonds is 2. The van der Waals surface area contributed by atoms with E-state index in [4.69, 9.17) is 0 Å². The van der Waals surface area contributed by atoms with Gasteiger partial charge in [0, 0.05) is 22.8 Å². The Balaban J connectivity index is 2.23. The van der Waals surface area contributed by atoms with Crippen molar-refractivity contribution in [3.8, 4) is 12.1 Å². The zero-order valence-electron chi connectivity index (χ0n) is 12.6. The van der Waals surface area contributed by atoms with Crippen LogP contribution in [0.15, 0.2) is 34.8 Å². The Kier molecular flexibility index (Phi) is 3.48. The average Bonchev–Trinajstić information content (AvgIpc) is 3.08. The molecule has 0 amide bonds. The van der Waals surface area contributed by atoms with Crippen LogP contribution in [0, 0.1) is 22.7 Å². The van der Waals surface area contributed by atoms with Crippen LogP contribution in [0.2, 0.25) is 0 Å². The van der Waals surface area contributed by atoms with Crippen LogP contribution in [0.1, 0.15) is 31.6 Å². The van der Waals surface area contributed by atoms with E-state index in [9.17, 15) is 10.5 Å². The molecule has 2 aromatic heterocycles. The van der Waals surface area contributed by atoms with Crippen molar-refractivity contribution in [3.63, 3.8) is 0 Å². The van der Waals surface area contributed by atoms with Crippen molar-refractivity contribution in [1.29, 1.82) is 10.5 Å². The summed E-state index contributed by atoms with van der Waals surface area (Å²) in [4.78, 5) is 3.04. The van der Waals surface area contributed by atoms with E-state index in [0.29, 0.717) is 11.1 Å². The van der Waals surface area contributed by atoms with E-state index < -0.39 is 0 Å². The number of nitrogens with zero attached hydrogens (tertiary/aromatic N) is 4. The van der Waals surface area contributed by atoms with Crippen molar-refractivity contribution >= 4 is 21.6 Å².